The lowest BCUT2D eigenvalue weighted by molar-refractivity contribution is 0.295. The van der Waals surface area contributed by atoms with Crippen LogP contribution in [0.25, 0.3) is 0 Å². The fourth-order valence-electron chi connectivity index (χ4n) is 2.11. The highest BCUT2D eigenvalue weighted by Crippen LogP contribution is 2.33. The second kappa shape index (κ2) is 3.14. The van der Waals surface area contributed by atoms with Crippen LogP contribution in [-0.4, -0.2) is 10.2 Å². The van der Waals surface area contributed by atoms with Gasteiger partial charge in [-0.1, -0.05) is 19.3 Å². The molecule has 0 aromatic carbocycles. The van der Waals surface area contributed by atoms with E-state index in [1.807, 2.05) is 6.92 Å². The number of nitrogens with two attached hydrogens (primary N) is 1. The molecule has 1 fully saturated rings. The molecule has 3 heteroatoms. The van der Waals surface area contributed by atoms with Crippen LogP contribution in [0.4, 0.5) is 0 Å². The molecule has 13 heavy (non-hydrogen) atoms. The Morgan fingerprint density at radius 2 is 2.08 bits per heavy atom. The molecule has 0 atom stereocenters. The number of aromatic amines is 1. The smallest absolute Gasteiger partial charge is 0.0823 e. The standard InChI is InChI=1S/C10H17N3/c1-8-7-9(13-12-8)10(11)5-3-2-4-6-10/h7H,2-6,11H2,1H3,(H,12,13). The number of aromatic nitrogens is 2. The van der Waals surface area contributed by atoms with Crippen LogP contribution in [-0.2, 0) is 5.54 Å². The van der Waals surface area contributed by atoms with Crippen molar-refractivity contribution < 1.29 is 0 Å². The van der Waals surface area contributed by atoms with Gasteiger partial charge in [-0.3, -0.25) is 5.10 Å². The average molecular weight is 179 g/mol. The third-order valence-corrected chi connectivity index (χ3v) is 2.96. The third kappa shape index (κ3) is 1.61. The van der Waals surface area contributed by atoms with Gasteiger partial charge in [-0.25, -0.2) is 0 Å². The van der Waals surface area contributed by atoms with Crippen molar-refractivity contribution >= 4 is 0 Å². The molecule has 3 nitrogen and oxygen atoms in total. The summed E-state index contributed by atoms with van der Waals surface area (Å²) in [5.41, 5.74) is 8.31. The molecule has 1 aliphatic rings. The van der Waals surface area contributed by atoms with Crippen LogP contribution in [0.3, 0.4) is 0 Å². The van der Waals surface area contributed by atoms with Crippen LogP contribution in [0, 0.1) is 6.92 Å². The SMILES string of the molecule is Cc1cc(C2(N)CCCCC2)n[nH]1. The molecule has 0 unspecified atom stereocenters. The summed E-state index contributed by atoms with van der Waals surface area (Å²) in [6.45, 7) is 2.02. The van der Waals surface area contributed by atoms with Crippen LogP contribution in [0.15, 0.2) is 6.07 Å². The first-order valence-electron chi connectivity index (χ1n) is 5.02. The number of nitrogens with one attached hydrogen (secondary N) is 1. The number of rotatable bonds is 1. The van der Waals surface area contributed by atoms with Gasteiger partial charge in [-0.05, 0) is 25.8 Å². The predicted octanol–water partition coefficient (Wildman–Crippen LogP) is 1.84. The summed E-state index contributed by atoms with van der Waals surface area (Å²) in [6.07, 6.45) is 5.96. The number of hydrogen-bond acceptors (Lipinski definition) is 2. The van der Waals surface area contributed by atoms with Crippen LogP contribution >= 0.6 is 0 Å². The van der Waals surface area contributed by atoms with E-state index in [2.05, 4.69) is 16.3 Å². The van der Waals surface area contributed by atoms with E-state index >= 15 is 0 Å². The minimum absolute atomic E-state index is 0.150. The Kier molecular flexibility index (Phi) is 2.12. The van der Waals surface area contributed by atoms with Gasteiger partial charge in [0, 0.05) is 5.69 Å². The summed E-state index contributed by atoms with van der Waals surface area (Å²) in [5, 5.41) is 7.22. The molecule has 1 saturated carbocycles. The first-order chi connectivity index (χ1) is 6.21. The molecule has 0 aliphatic heterocycles. The molecule has 0 amide bonds. The van der Waals surface area contributed by atoms with Gasteiger partial charge in [0.1, 0.15) is 0 Å². The van der Waals surface area contributed by atoms with E-state index in [1.165, 1.54) is 19.3 Å². The van der Waals surface area contributed by atoms with Crippen molar-refractivity contribution in [3.63, 3.8) is 0 Å². The van der Waals surface area contributed by atoms with E-state index in [4.69, 9.17) is 5.73 Å². The van der Waals surface area contributed by atoms with Crippen LogP contribution in [0.1, 0.15) is 43.5 Å². The maximum atomic E-state index is 6.31. The predicted molar refractivity (Wildman–Crippen MR) is 52.3 cm³/mol. The van der Waals surface area contributed by atoms with Gasteiger partial charge in [-0.15, -0.1) is 0 Å². The van der Waals surface area contributed by atoms with E-state index in [0.717, 1.165) is 24.2 Å². The van der Waals surface area contributed by atoms with E-state index in [9.17, 15) is 0 Å². The molecule has 1 heterocycles. The van der Waals surface area contributed by atoms with Gasteiger partial charge < -0.3 is 5.73 Å². The van der Waals surface area contributed by atoms with Gasteiger partial charge in [0.2, 0.25) is 0 Å². The Bertz CT molecular complexity index is 284. The topological polar surface area (TPSA) is 54.7 Å². The van der Waals surface area contributed by atoms with Crippen LogP contribution in [0.5, 0.6) is 0 Å². The molecule has 72 valence electrons. The largest absolute Gasteiger partial charge is 0.320 e. The van der Waals surface area contributed by atoms with Crippen LogP contribution in [0.2, 0.25) is 0 Å². The molecule has 1 aromatic heterocycles. The molecule has 0 radical (unpaired) electrons. The van der Waals surface area contributed by atoms with E-state index in [-0.39, 0.29) is 5.54 Å². The minimum atomic E-state index is -0.150. The quantitative estimate of drug-likeness (QED) is 0.691. The molecule has 1 aliphatic carbocycles. The highest BCUT2D eigenvalue weighted by molar-refractivity contribution is 5.17. The van der Waals surface area contributed by atoms with Crippen molar-refractivity contribution in [3.05, 3.63) is 17.5 Å². The van der Waals surface area contributed by atoms with Crippen molar-refractivity contribution in [1.82, 2.24) is 10.2 Å². The lowest BCUT2D eigenvalue weighted by Gasteiger charge is -2.31. The minimum Gasteiger partial charge on any atom is -0.320 e. The van der Waals surface area contributed by atoms with Crippen molar-refractivity contribution in [2.45, 2.75) is 44.6 Å². The van der Waals surface area contributed by atoms with E-state index in [0.29, 0.717) is 0 Å². The second-order valence-corrected chi connectivity index (χ2v) is 4.15. The third-order valence-electron chi connectivity index (χ3n) is 2.96. The van der Waals surface area contributed by atoms with Gasteiger partial charge in [0.05, 0.1) is 11.2 Å². The highest BCUT2D eigenvalue weighted by Gasteiger charge is 2.31. The first-order valence-corrected chi connectivity index (χ1v) is 5.02. The van der Waals surface area contributed by atoms with Crippen molar-refractivity contribution in [3.8, 4) is 0 Å². The summed E-state index contributed by atoms with van der Waals surface area (Å²) in [6, 6.07) is 2.07. The number of H-pyrrole nitrogens is 1. The Morgan fingerprint density at radius 3 is 2.62 bits per heavy atom. The van der Waals surface area contributed by atoms with Gasteiger partial charge >= 0.3 is 0 Å². The lowest BCUT2D eigenvalue weighted by atomic mass is 9.80. The maximum Gasteiger partial charge on any atom is 0.0823 e. The molecule has 0 saturated heterocycles. The van der Waals surface area contributed by atoms with Crippen molar-refractivity contribution in [2.75, 3.05) is 0 Å². The zero-order chi connectivity index (χ0) is 9.31. The van der Waals surface area contributed by atoms with Crippen molar-refractivity contribution in [1.29, 1.82) is 0 Å². The summed E-state index contributed by atoms with van der Waals surface area (Å²) < 4.78 is 0. The Labute approximate surface area is 78.7 Å². The lowest BCUT2D eigenvalue weighted by Crippen LogP contribution is -2.38. The number of aryl methyl sites for hydroxylation is 1. The molecule has 0 spiro atoms. The molecular formula is C10H17N3. The van der Waals surface area contributed by atoms with Crippen molar-refractivity contribution in [2.24, 2.45) is 5.73 Å². The zero-order valence-corrected chi connectivity index (χ0v) is 8.14. The second-order valence-electron chi connectivity index (χ2n) is 4.15. The summed E-state index contributed by atoms with van der Waals surface area (Å²) >= 11 is 0. The molecular weight excluding hydrogens is 162 g/mol. The molecule has 1 aromatic rings. The van der Waals surface area contributed by atoms with Gasteiger partial charge in [0.15, 0.2) is 0 Å². The Morgan fingerprint density at radius 1 is 1.38 bits per heavy atom. The summed E-state index contributed by atoms with van der Waals surface area (Å²) in [4.78, 5) is 0. The summed E-state index contributed by atoms with van der Waals surface area (Å²) in [7, 11) is 0. The zero-order valence-electron chi connectivity index (χ0n) is 8.14. The molecule has 0 bridgehead atoms. The fraction of sp³-hybridized carbons (Fsp3) is 0.700. The fourth-order valence-corrected chi connectivity index (χ4v) is 2.11. The Hall–Kier alpha value is -0.830. The maximum absolute atomic E-state index is 6.31. The summed E-state index contributed by atoms with van der Waals surface area (Å²) in [5.74, 6) is 0. The highest BCUT2D eigenvalue weighted by atomic mass is 15.1. The average Bonchev–Trinajstić information content (AvgIpc) is 2.54. The monoisotopic (exact) mass is 179 g/mol. The van der Waals surface area contributed by atoms with E-state index < -0.39 is 0 Å². The van der Waals surface area contributed by atoms with Gasteiger partial charge in [0.25, 0.3) is 0 Å². The number of hydrogen-bond donors (Lipinski definition) is 2. The van der Waals surface area contributed by atoms with E-state index in [1.54, 1.807) is 0 Å². The van der Waals surface area contributed by atoms with Gasteiger partial charge in [-0.2, -0.15) is 5.10 Å². The molecule has 2 rings (SSSR count). The molecule has 3 N–H and O–H groups in total. The number of nitrogens with zero attached hydrogens (tertiary/aromatic N) is 1. The normalized spacial score (nSPS) is 21.7. The van der Waals surface area contributed by atoms with Crippen LogP contribution < -0.4 is 5.73 Å². The Balaban J connectivity index is 2.22. The first kappa shape index (κ1) is 8.75.